The van der Waals surface area contributed by atoms with E-state index in [2.05, 4.69) is 0 Å². The number of hydrogen-bond donors (Lipinski definition) is 0. The first-order valence-electron chi connectivity index (χ1n) is 4.79. The summed E-state index contributed by atoms with van der Waals surface area (Å²) in [5.74, 6) is 0.344. The Hall–Kier alpha value is -0.0716. The van der Waals surface area contributed by atoms with Gasteiger partial charge in [-0.1, -0.05) is 0 Å². The van der Waals surface area contributed by atoms with E-state index >= 15 is 0 Å². The van der Waals surface area contributed by atoms with Gasteiger partial charge in [0, 0.05) is 0 Å². The van der Waals surface area contributed by atoms with E-state index in [4.69, 9.17) is 4.74 Å². The molecule has 1 atom stereocenters. The number of allylic oxidation sites excluding steroid dienone is 2. The van der Waals surface area contributed by atoms with Gasteiger partial charge in [0.25, 0.3) is 0 Å². The zero-order valence-electron chi connectivity index (χ0n) is 8.14. The van der Waals surface area contributed by atoms with E-state index in [0.717, 1.165) is 25.9 Å². The fraction of sp³-hybridized carbons (Fsp3) is 0.700. The molecule has 1 rings (SSSR count). The van der Waals surface area contributed by atoms with Gasteiger partial charge < -0.3 is 0 Å². The molecule has 0 N–H and O–H groups in total. The second kappa shape index (κ2) is 6.39. The summed E-state index contributed by atoms with van der Waals surface area (Å²) < 4.78 is 6.45. The van der Waals surface area contributed by atoms with Crippen LogP contribution in [0.4, 0.5) is 0 Å². The summed E-state index contributed by atoms with van der Waals surface area (Å²) in [5.41, 5.74) is 0. The number of ether oxygens (including phenoxy) is 1. The average molecular weight is 244 g/mol. The predicted octanol–water partition coefficient (Wildman–Crippen LogP) is 1.51. The van der Waals surface area contributed by atoms with Crippen molar-refractivity contribution in [2.45, 2.75) is 30.9 Å². The molecule has 74 valence electrons. The van der Waals surface area contributed by atoms with Crippen molar-refractivity contribution in [3.8, 4) is 0 Å². The summed E-state index contributed by atoms with van der Waals surface area (Å²) in [6, 6.07) is 0. The first-order chi connectivity index (χ1) is 6.33. The van der Waals surface area contributed by atoms with Gasteiger partial charge >= 0.3 is 86.1 Å². The zero-order chi connectivity index (χ0) is 9.52. The molecule has 1 unspecified atom stereocenters. The van der Waals surface area contributed by atoms with Crippen molar-refractivity contribution in [2.75, 3.05) is 13.7 Å². The van der Waals surface area contributed by atoms with Gasteiger partial charge in [-0.05, 0) is 0 Å². The first kappa shape index (κ1) is 11.0. The number of hydrogen-bond acceptors (Lipinski definition) is 2. The SMILES string of the molecule is COCCC[AsH]C1=CC(=O)CCC1. The Labute approximate surface area is 86.4 Å². The molecule has 0 heterocycles. The quantitative estimate of drug-likeness (QED) is 0.541. The molecule has 2 nitrogen and oxygen atoms in total. The van der Waals surface area contributed by atoms with Gasteiger partial charge in [-0.25, -0.2) is 0 Å². The van der Waals surface area contributed by atoms with E-state index in [0.29, 0.717) is 5.78 Å². The number of carbonyl (C=O) groups is 1. The van der Waals surface area contributed by atoms with Crippen LogP contribution in [0.3, 0.4) is 0 Å². The Morgan fingerprint density at radius 3 is 3.08 bits per heavy atom. The number of ketones is 1. The van der Waals surface area contributed by atoms with Crippen molar-refractivity contribution in [1.82, 2.24) is 0 Å². The Kier molecular flexibility index (Phi) is 5.41. The van der Waals surface area contributed by atoms with Crippen LogP contribution in [0.15, 0.2) is 10.4 Å². The molecule has 0 aromatic rings. The van der Waals surface area contributed by atoms with Crippen LogP contribution in [0.25, 0.3) is 0 Å². The van der Waals surface area contributed by atoms with Gasteiger partial charge in [0.2, 0.25) is 0 Å². The molecular weight excluding hydrogens is 227 g/mol. The van der Waals surface area contributed by atoms with Crippen molar-refractivity contribution in [3.05, 3.63) is 10.4 Å². The van der Waals surface area contributed by atoms with Crippen LogP contribution in [0, 0.1) is 0 Å². The fourth-order valence-corrected chi connectivity index (χ4v) is 4.04. The molecule has 0 spiro atoms. The molecule has 0 radical (unpaired) electrons. The standard InChI is InChI=1S/C10H17AsO2/c1-13-7-3-6-11-9-4-2-5-10(12)8-9/h8,11H,2-7H2,1H3. The van der Waals surface area contributed by atoms with Crippen LogP contribution in [0.5, 0.6) is 0 Å². The van der Waals surface area contributed by atoms with Crippen LogP contribution in [-0.2, 0) is 9.53 Å². The van der Waals surface area contributed by atoms with Gasteiger partial charge in [0.05, 0.1) is 0 Å². The second-order valence-corrected chi connectivity index (χ2v) is 6.40. The third-order valence-electron chi connectivity index (χ3n) is 2.08. The zero-order valence-corrected chi connectivity index (χ0v) is 10.2. The Balaban J connectivity index is 2.16. The molecule has 0 saturated carbocycles. The molecule has 0 aliphatic heterocycles. The number of methoxy groups -OCH3 is 1. The van der Waals surface area contributed by atoms with E-state index in [1.54, 1.807) is 7.11 Å². The van der Waals surface area contributed by atoms with Crippen molar-refractivity contribution in [3.63, 3.8) is 0 Å². The topological polar surface area (TPSA) is 26.3 Å². The molecule has 0 fully saturated rings. The summed E-state index contributed by atoms with van der Waals surface area (Å²) in [5, 5.41) is 1.27. The van der Waals surface area contributed by atoms with Gasteiger partial charge in [-0.2, -0.15) is 0 Å². The number of rotatable bonds is 5. The monoisotopic (exact) mass is 244 g/mol. The molecule has 1 aliphatic carbocycles. The van der Waals surface area contributed by atoms with Crippen molar-refractivity contribution in [2.24, 2.45) is 0 Å². The molecule has 1 aliphatic rings. The van der Waals surface area contributed by atoms with Crippen LogP contribution in [0.1, 0.15) is 25.7 Å². The molecule has 3 heteroatoms. The molecule has 13 heavy (non-hydrogen) atoms. The fourth-order valence-electron chi connectivity index (χ4n) is 1.40. The van der Waals surface area contributed by atoms with Gasteiger partial charge in [0.1, 0.15) is 0 Å². The molecular formula is C10H17AsO2. The summed E-state index contributed by atoms with van der Waals surface area (Å²) in [4.78, 5) is 11.1. The minimum atomic E-state index is -0.00583. The number of carbonyl (C=O) groups excluding carboxylic acids is 1. The predicted molar refractivity (Wildman–Crippen MR) is 55.4 cm³/mol. The van der Waals surface area contributed by atoms with Crippen molar-refractivity contribution < 1.29 is 9.53 Å². The summed E-state index contributed by atoms with van der Waals surface area (Å²) in [7, 11) is 1.74. The van der Waals surface area contributed by atoms with E-state index < -0.39 is 0 Å². The van der Waals surface area contributed by atoms with Crippen LogP contribution in [0.2, 0.25) is 5.21 Å². The van der Waals surface area contributed by atoms with Crippen LogP contribution in [-0.4, -0.2) is 35.3 Å². The van der Waals surface area contributed by atoms with Crippen molar-refractivity contribution in [1.29, 1.82) is 0 Å². The second-order valence-electron chi connectivity index (χ2n) is 3.26. The van der Waals surface area contributed by atoms with Crippen LogP contribution >= 0.6 is 0 Å². The molecule has 0 aromatic heterocycles. The third kappa shape index (κ3) is 4.63. The van der Waals surface area contributed by atoms with E-state index in [-0.39, 0.29) is 15.8 Å². The summed E-state index contributed by atoms with van der Waals surface area (Å²) in [6.07, 6.45) is 6.09. The third-order valence-corrected chi connectivity index (χ3v) is 5.13. The Morgan fingerprint density at radius 2 is 2.38 bits per heavy atom. The summed E-state index contributed by atoms with van der Waals surface area (Å²) in [6.45, 7) is 0.866. The maximum absolute atomic E-state index is 11.1. The molecule has 0 amide bonds. The Morgan fingerprint density at radius 1 is 1.54 bits per heavy atom. The normalized spacial score (nSPS) is 18.2. The van der Waals surface area contributed by atoms with Crippen molar-refractivity contribution >= 4 is 21.5 Å². The van der Waals surface area contributed by atoms with E-state index in [1.807, 2.05) is 6.08 Å². The Bertz CT molecular complexity index is 199. The van der Waals surface area contributed by atoms with E-state index in [1.165, 1.54) is 16.0 Å². The summed E-state index contributed by atoms with van der Waals surface area (Å²) >= 11 is -0.00583. The van der Waals surface area contributed by atoms with Gasteiger partial charge in [-0.15, -0.1) is 0 Å². The molecule has 0 aromatic carbocycles. The minimum absolute atomic E-state index is 0.00583. The first-order valence-corrected chi connectivity index (χ1v) is 7.32. The molecule has 0 saturated heterocycles. The van der Waals surface area contributed by atoms with Gasteiger partial charge in [0.15, 0.2) is 0 Å². The van der Waals surface area contributed by atoms with E-state index in [9.17, 15) is 4.79 Å². The van der Waals surface area contributed by atoms with Gasteiger partial charge in [-0.3, -0.25) is 0 Å². The molecule has 0 bridgehead atoms. The maximum atomic E-state index is 11.1. The average Bonchev–Trinajstić information content (AvgIpc) is 2.13. The van der Waals surface area contributed by atoms with Crippen LogP contribution < -0.4 is 0 Å².